The molecule has 0 aliphatic rings. The zero-order valence-corrected chi connectivity index (χ0v) is 9.85. The lowest BCUT2D eigenvalue weighted by molar-refractivity contribution is -0.121. The van der Waals surface area contributed by atoms with Crippen LogP contribution in [0.15, 0.2) is 24.3 Å². The van der Waals surface area contributed by atoms with Crippen LogP contribution in [0, 0.1) is 0 Å². The number of unbranched alkanes of at least 4 members (excludes halogenated alkanes) is 1. The fourth-order valence-electron chi connectivity index (χ4n) is 1.45. The molecule has 0 aliphatic carbocycles. The van der Waals surface area contributed by atoms with E-state index >= 15 is 0 Å². The van der Waals surface area contributed by atoms with Gasteiger partial charge < -0.3 is 15.5 Å². The number of hydrogen-bond donors (Lipinski definition) is 3. The van der Waals surface area contributed by atoms with E-state index in [4.69, 9.17) is 10.2 Å². The average Bonchev–Trinajstić information content (AvgIpc) is 2.37. The third-order valence-corrected chi connectivity index (χ3v) is 2.51. The number of nitrogens with one attached hydrogen (secondary N) is 1. The number of aliphatic hydroxyl groups is 2. The standard InChI is InChI=1S/C13H19NO3/c15-8-2-1-3-13(17)14-9-11-4-6-12(10-16)7-5-11/h4-7,15-16H,1-3,8-10H2,(H,14,17). The molecule has 0 saturated heterocycles. The van der Waals surface area contributed by atoms with Gasteiger partial charge in [-0.05, 0) is 24.0 Å². The van der Waals surface area contributed by atoms with Gasteiger partial charge in [0, 0.05) is 19.6 Å². The molecule has 0 unspecified atom stereocenters. The number of carbonyl (C=O) groups is 1. The molecular weight excluding hydrogens is 218 g/mol. The molecule has 1 aromatic carbocycles. The molecule has 0 spiro atoms. The van der Waals surface area contributed by atoms with Crippen LogP contribution in [0.4, 0.5) is 0 Å². The number of rotatable bonds is 7. The monoisotopic (exact) mass is 237 g/mol. The summed E-state index contributed by atoms with van der Waals surface area (Å²) in [6.45, 7) is 0.674. The summed E-state index contributed by atoms with van der Waals surface area (Å²) >= 11 is 0. The van der Waals surface area contributed by atoms with Gasteiger partial charge in [0.1, 0.15) is 0 Å². The van der Waals surface area contributed by atoms with E-state index < -0.39 is 0 Å². The number of hydrogen-bond acceptors (Lipinski definition) is 3. The topological polar surface area (TPSA) is 69.6 Å². The molecular formula is C13H19NO3. The first-order valence-corrected chi connectivity index (χ1v) is 5.82. The highest BCUT2D eigenvalue weighted by molar-refractivity contribution is 5.75. The van der Waals surface area contributed by atoms with Crippen molar-refractivity contribution < 1.29 is 15.0 Å². The highest BCUT2D eigenvalue weighted by Gasteiger charge is 2.01. The predicted molar refractivity (Wildman–Crippen MR) is 65.1 cm³/mol. The first-order chi connectivity index (χ1) is 8.26. The molecule has 4 nitrogen and oxygen atoms in total. The van der Waals surface area contributed by atoms with E-state index in [1.54, 1.807) is 0 Å². The number of benzene rings is 1. The molecule has 0 fully saturated rings. The fourth-order valence-corrected chi connectivity index (χ4v) is 1.45. The normalized spacial score (nSPS) is 10.2. The first-order valence-electron chi connectivity index (χ1n) is 5.82. The zero-order valence-electron chi connectivity index (χ0n) is 9.85. The van der Waals surface area contributed by atoms with Crippen LogP contribution >= 0.6 is 0 Å². The summed E-state index contributed by atoms with van der Waals surface area (Å²) in [6, 6.07) is 7.46. The third kappa shape index (κ3) is 5.47. The fraction of sp³-hybridized carbons (Fsp3) is 0.462. The smallest absolute Gasteiger partial charge is 0.220 e. The maximum Gasteiger partial charge on any atom is 0.220 e. The average molecular weight is 237 g/mol. The Kier molecular flexibility index (Phi) is 6.29. The molecule has 0 aliphatic heterocycles. The molecule has 1 aromatic rings. The lowest BCUT2D eigenvalue weighted by Gasteiger charge is -2.05. The van der Waals surface area contributed by atoms with Crippen molar-refractivity contribution in [3.8, 4) is 0 Å². The van der Waals surface area contributed by atoms with Crippen molar-refractivity contribution in [3.63, 3.8) is 0 Å². The van der Waals surface area contributed by atoms with E-state index in [9.17, 15) is 4.79 Å². The predicted octanol–water partition coefficient (Wildman–Crippen LogP) is 0.958. The van der Waals surface area contributed by atoms with E-state index in [1.807, 2.05) is 24.3 Å². The molecule has 3 N–H and O–H groups in total. The summed E-state index contributed by atoms with van der Waals surface area (Å²) in [7, 11) is 0. The highest BCUT2D eigenvalue weighted by Crippen LogP contribution is 2.04. The van der Waals surface area contributed by atoms with Crippen LogP contribution in [0.25, 0.3) is 0 Å². The highest BCUT2D eigenvalue weighted by atomic mass is 16.3. The van der Waals surface area contributed by atoms with Gasteiger partial charge >= 0.3 is 0 Å². The Morgan fingerprint density at radius 1 is 1.06 bits per heavy atom. The van der Waals surface area contributed by atoms with Gasteiger partial charge in [-0.3, -0.25) is 4.79 Å². The van der Waals surface area contributed by atoms with Gasteiger partial charge in [0.15, 0.2) is 0 Å². The van der Waals surface area contributed by atoms with Crippen molar-refractivity contribution in [1.29, 1.82) is 0 Å². The van der Waals surface area contributed by atoms with Crippen LogP contribution in [0.3, 0.4) is 0 Å². The molecule has 0 aromatic heterocycles. The second-order valence-corrected chi connectivity index (χ2v) is 3.93. The lowest BCUT2D eigenvalue weighted by Crippen LogP contribution is -2.22. The molecule has 0 saturated carbocycles. The van der Waals surface area contributed by atoms with E-state index in [2.05, 4.69) is 5.32 Å². The molecule has 4 heteroatoms. The molecule has 0 bridgehead atoms. The minimum absolute atomic E-state index is 0.00434. The molecule has 17 heavy (non-hydrogen) atoms. The number of aliphatic hydroxyl groups excluding tert-OH is 2. The Labute approximate surface area is 101 Å². The van der Waals surface area contributed by atoms with Crippen molar-refractivity contribution in [1.82, 2.24) is 5.32 Å². The number of amides is 1. The van der Waals surface area contributed by atoms with Crippen molar-refractivity contribution in [2.24, 2.45) is 0 Å². The SMILES string of the molecule is O=C(CCCCO)NCc1ccc(CO)cc1. The zero-order chi connectivity index (χ0) is 12.5. The Bertz CT molecular complexity index is 335. The van der Waals surface area contributed by atoms with E-state index in [-0.39, 0.29) is 19.1 Å². The van der Waals surface area contributed by atoms with Gasteiger partial charge in [0.25, 0.3) is 0 Å². The Balaban J connectivity index is 2.27. The minimum atomic E-state index is 0.00434. The second-order valence-electron chi connectivity index (χ2n) is 3.93. The molecule has 94 valence electrons. The summed E-state index contributed by atoms with van der Waals surface area (Å²) in [4.78, 5) is 11.4. The van der Waals surface area contributed by atoms with E-state index in [0.29, 0.717) is 25.8 Å². The summed E-state index contributed by atoms with van der Waals surface area (Å²) in [5, 5.41) is 20.3. The van der Waals surface area contributed by atoms with E-state index in [1.165, 1.54) is 0 Å². The van der Waals surface area contributed by atoms with Gasteiger partial charge in [-0.2, -0.15) is 0 Å². The van der Waals surface area contributed by atoms with Crippen molar-refractivity contribution >= 4 is 5.91 Å². The largest absolute Gasteiger partial charge is 0.396 e. The Morgan fingerprint density at radius 3 is 2.29 bits per heavy atom. The van der Waals surface area contributed by atoms with E-state index in [0.717, 1.165) is 11.1 Å². The van der Waals surface area contributed by atoms with Crippen molar-refractivity contribution in [2.45, 2.75) is 32.4 Å². The minimum Gasteiger partial charge on any atom is -0.396 e. The van der Waals surface area contributed by atoms with Crippen molar-refractivity contribution in [3.05, 3.63) is 35.4 Å². The van der Waals surface area contributed by atoms with Gasteiger partial charge in [0.2, 0.25) is 5.91 Å². The van der Waals surface area contributed by atoms with Crippen LogP contribution in [0.1, 0.15) is 30.4 Å². The van der Waals surface area contributed by atoms with Crippen LogP contribution in [0.2, 0.25) is 0 Å². The third-order valence-electron chi connectivity index (χ3n) is 2.51. The number of carbonyl (C=O) groups excluding carboxylic acids is 1. The summed E-state index contributed by atoms with van der Waals surface area (Å²) in [5.74, 6) is 0.00434. The molecule has 1 amide bonds. The summed E-state index contributed by atoms with van der Waals surface area (Å²) in [6.07, 6.45) is 1.83. The second kappa shape index (κ2) is 7.81. The van der Waals surface area contributed by atoms with Gasteiger partial charge in [0.05, 0.1) is 6.61 Å². The molecule has 0 atom stereocenters. The van der Waals surface area contributed by atoms with Crippen LogP contribution < -0.4 is 5.32 Å². The first kappa shape index (κ1) is 13.7. The maximum atomic E-state index is 11.4. The van der Waals surface area contributed by atoms with Crippen molar-refractivity contribution in [2.75, 3.05) is 6.61 Å². The van der Waals surface area contributed by atoms with Crippen LogP contribution in [0.5, 0.6) is 0 Å². The maximum absolute atomic E-state index is 11.4. The summed E-state index contributed by atoms with van der Waals surface area (Å²) < 4.78 is 0. The molecule has 0 radical (unpaired) electrons. The van der Waals surface area contributed by atoms with Crippen LogP contribution in [-0.4, -0.2) is 22.7 Å². The van der Waals surface area contributed by atoms with Gasteiger partial charge in [-0.25, -0.2) is 0 Å². The summed E-state index contributed by atoms with van der Waals surface area (Å²) in [5.41, 5.74) is 1.88. The Morgan fingerprint density at radius 2 is 1.71 bits per heavy atom. The lowest BCUT2D eigenvalue weighted by atomic mass is 10.1. The molecule has 1 rings (SSSR count). The van der Waals surface area contributed by atoms with Crippen LogP contribution in [-0.2, 0) is 17.9 Å². The molecule has 0 heterocycles. The van der Waals surface area contributed by atoms with Gasteiger partial charge in [-0.15, -0.1) is 0 Å². The van der Waals surface area contributed by atoms with Gasteiger partial charge in [-0.1, -0.05) is 24.3 Å². The quantitative estimate of drug-likeness (QED) is 0.619. The Hall–Kier alpha value is -1.39.